The summed E-state index contributed by atoms with van der Waals surface area (Å²) in [6.07, 6.45) is -1.25. The van der Waals surface area contributed by atoms with E-state index in [0.29, 0.717) is 5.52 Å². The van der Waals surface area contributed by atoms with Crippen LogP contribution in [0.25, 0.3) is 22.0 Å². The number of nitrogens with two attached hydrogens (primary N) is 1. The van der Waals surface area contributed by atoms with E-state index in [1.807, 2.05) is 42.5 Å². The molecule has 3 aromatic carbocycles. The van der Waals surface area contributed by atoms with Crippen LogP contribution in [0.15, 0.2) is 77.8 Å². The third kappa shape index (κ3) is 4.84. The molecule has 0 aliphatic carbocycles. The maximum atomic E-state index is 14.0. The Morgan fingerprint density at radius 3 is 2.33 bits per heavy atom. The maximum absolute atomic E-state index is 14.0. The number of rotatable bonds is 7. The van der Waals surface area contributed by atoms with Gasteiger partial charge in [0.05, 0.1) is 10.7 Å². The Labute approximate surface area is 199 Å². The van der Waals surface area contributed by atoms with Gasteiger partial charge in [-0.15, -0.1) is 0 Å². The molecule has 33 heavy (non-hydrogen) atoms. The summed E-state index contributed by atoms with van der Waals surface area (Å²) >= 11 is 11.9. The van der Waals surface area contributed by atoms with Gasteiger partial charge < -0.3 is 10.3 Å². The molecule has 0 bridgehead atoms. The summed E-state index contributed by atoms with van der Waals surface area (Å²) in [6, 6.07) is 17.5. The van der Waals surface area contributed by atoms with Gasteiger partial charge in [0.15, 0.2) is 0 Å². The number of hydrogen-bond acceptors (Lipinski definition) is 3. The average molecular weight is 510 g/mol. The Balaban J connectivity index is 1.72. The molecule has 1 aromatic heterocycles. The molecule has 4 aromatic rings. The van der Waals surface area contributed by atoms with Crippen LogP contribution >= 0.6 is 23.2 Å². The summed E-state index contributed by atoms with van der Waals surface area (Å²) in [5.41, 5.74) is 8.02. The number of sulfonamides is 1. The number of anilines is 1. The number of benzene rings is 3. The molecule has 1 atom stereocenters. The quantitative estimate of drug-likeness (QED) is 0.308. The van der Waals surface area contributed by atoms with Crippen molar-refractivity contribution in [3.05, 3.63) is 83.0 Å². The minimum atomic E-state index is -4.46. The molecule has 3 N–H and O–H groups in total. The van der Waals surface area contributed by atoms with Crippen molar-refractivity contribution in [3.8, 4) is 11.1 Å². The van der Waals surface area contributed by atoms with Crippen LogP contribution in [0.3, 0.4) is 0 Å². The van der Waals surface area contributed by atoms with Gasteiger partial charge in [-0.3, -0.25) is 0 Å². The highest BCUT2D eigenvalue weighted by atomic mass is 35.5. The van der Waals surface area contributed by atoms with E-state index in [1.165, 1.54) is 12.1 Å². The molecule has 5 nitrogen and oxygen atoms in total. The van der Waals surface area contributed by atoms with Crippen molar-refractivity contribution in [1.82, 2.24) is 9.29 Å². The number of nitrogens with one attached hydrogen (secondary N) is 1. The van der Waals surface area contributed by atoms with Crippen LogP contribution in [0.4, 0.5) is 14.5 Å². The number of halogens is 4. The van der Waals surface area contributed by atoms with Crippen LogP contribution in [-0.2, 0) is 16.6 Å². The van der Waals surface area contributed by atoms with Crippen molar-refractivity contribution in [3.63, 3.8) is 0 Å². The molecular weight excluding hydrogens is 491 g/mol. The van der Waals surface area contributed by atoms with Gasteiger partial charge in [-0.25, -0.2) is 21.9 Å². The second kappa shape index (κ2) is 9.30. The molecule has 0 saturated heterocycles. The smallest absolute Gasteiger partial charge is 0.256 e. The highest BCUT2D eigenvalue weighted by Crippen LogP contribution is 2.33. The summed E-state index contributed by atoms with van der Waals surface area (Å²) in [7, 11) is -4.46. The summed E-state index contributed by atoms with van der Waals surface area (Å²) < 4.78 is 57.5. The van der Waals surface area contributed by atoms with Crippen molar-refractivity contribution < 1.29 is 17.2 Å². The van der Waals surface area contributed by atoms with E-state index in [4.69, 9.17) is 28.9 Å². The monoisotopic (exact) mass is 509 g/mol. The summed E-state index contributed by atoms with van der Waals surface area (Å²) in [6.45, 7) is -0.310. The van der Waals surface area contributed by atoms with E-state index < -0.39 is 27.4 Å². The Morgan fingerprint density at radius 1 is 1.00 bits per heavy atom. The first-order valence-electron chi connectivity index (χ1n) is 9.85. The molecule has 10 heteroatoms. The van der Waals surface area contributed by atoms with Gasteiger partial charge in [-0.1, -0.05) is 71.7 Å². The second-order valence-electron chi connectivity index (χ2n) is 7.45. The number of hydrogen-bond donors (Lipinski definition) is 2. The molecule has 172 valence electrons. The fourth-order valence-electron chi connectivity index (χ4n) is 3.75. The lowest BCUT2D eigenvalue weighted by Crippen LogP contribution is -2.43. The number of para-hydroxylation sites is 1. The molecule has 1 unspecified atom stereocenters. The summed E-state index contributed by atoms with van der Waals surface area (Å²) in [4.78, 5) is -0.485. The minimum Gasteiger partial charge on any atom is -0.398 e. The summed E-state index contributed by atoms with van der Waals surface area (Å²) in [5, 5.41) is 0.747. The molecule has 0 aliphatic rings. The van der Waals surface area contributed by atoms with Gasteiger partial charge >= 0.3 is 0 Å². The molecule has 0 fully saturated rings. The topological polar surface area (TPSA) is 77.1 Å². The highest BCUT2D eigenvalue weighted by Gasteiger charge is 2.31. The average Bonchev–Trinajstić information content (AvgIpc) is 3.11. The zero-order valence-corrected chi connectivity index (χ0v) is 19.4. The lowest BCUT2D eigenvalue weighted by Gasteiger charge is -2.20. The Morgan fingerprint density at radius 2 is 1.67 bits per heavy atom. The number of nitrogen functional groups attached to an aromatic ring is 1. The van der Waals surface area contributed by atoms with E-state index in [9.17, 15) is 17.2 Å². The van der Waals surface area contributed by atoms with Crippen molar-refractivity contribution in [2.24, 2.45) is 0 Å². The molecule has 0 aliphatic heterocycles. The van der Waals surface area contributed by atoms with E-state index in [0.717, 1.165) is 16.5 Å². The van der Waals surface area contributed by atoms with Crippen LogP contribution in [0.1, 0.15) is 0 Å². The van der Waals surface area contributed by atoms with Crippen LogP contribution in [-0.4, -0.2) is 25.5 Å². The zero-order chi connectivity index (χ0) is 23.8. The molecular formula is C23H19Cl2F2N3O2S. The van der Waals surface area contributed by atoms with Crippen molar-refractivity contribution in [2.45, 2.75) is 23.9 Å². The fraction of sp³-hybridized carbons (Fsp3) is 0.130. The van der Waals surface area contributed by atoms with Crippen molar-refractivity contribution >= 4 is 49.8 Å². The Kier molecular flexibility index (Phi) is 6.63. The predicted octanol–water partition coefficient (Wildman–Crippen LogP) is 5.81. The maximum Gasteiger partial charge on any atom is 0.256 e. The normalized spacial score (nSPS) is 13.0. The predicted molar refractivity (Wildman–Crippen MR) is 128 cm³/mol. The standard InChI is InChI=1S/C23H19Cl2F2N3O2S/c24-15-10-18(25)22(19(28)11-15)33(31,32)29-20(23(26)27)13-30-12-17(14-6-2-1-3-7-14)16-8-4-5-9-21(16)30/h1-12,20,23,29H,13,28H2. The number of alkyl halides is 2. The van der Waals surface area contributed by atoms with Gasteiger partial charge in [0.25, 0.3) is 6.43 Å². The third-order valence-corrected chi connectivity index (χ3v) is 7.42. The lowest BCUT2D eigenvalue weighted by molar-refractivity contribution is 0.101. The van der Waals surface area contributed by atoms with E-state index >= 15 is 0 Å². The number of nitrogens with zero attached hydrogens (tertiary/aromatic N) is 1. The van der Waals surface area contributed by atoms with Crippen LogP contribution < -0.4 is 10.5 Å². The van der Waals surface area contributed by atoms with Crippen LogP contribution in [0, 0.1) is 0 Å². The van der Waals surface area contributed by atoms with E-state index in [2.05, 4.69) is 4.72 Å². The van der Waals surface area contributed by atoms with Crippen LogP contribution in [0.5, 0.6) is 0 Å². The fourth-order valence-corrected chi connectivity index (χ4v) is 5.94. The van der Waals surface area contributed by atoms with E-state index in [1.54, 1.807) is 22.9 Å². The molecule has 1 heterocycles. The number of aromatic nitrogens is 1. The first kappa shape index (κ1) is 23.5. The van der Waals surface area contributed by atoms with Gasteiger partial charge in [-0.2, -0.15) is 0 Å². The summed E-state index contributed by atoms with van der Waals surface area (Å²) in [5.74, 6) is 0. The van der Waals surface area contributed by atoms with Gasteiger partial charge in [-0.05, 0) is 23.8 Å². The highest BCUT2D eigenvalue weighted by molar-refractivity contribution is 7.89. The molecule has 4 rings (SSSR count). The lowest BCUT2D eigenvalue weighted by atomic mass is 10.1. The Hall–Kier alpha value is -2.65. The van der Waals surface area contributed by atoms with Gasteiger partial charge in [0.1, 0.15) is 10.9 Å². The molecule has 0 amide bonds. The largest absolute Gasteiger partial charge is 0.398 e. The van der Waals surface area contributed by atoms with Crippen molar-refractivity contribution in [1.29, 1.82) is 0 Å². The third-order valence-electron chi connectivity index (χ3n) is 5.18. The first-order valence-corrected chi connectivity index (χ1v) is 12.1. The van der Waals surface area contributed by atoms with Gasteiger partial charge in [0, 0.05) is 34.2 Å². The molecule has 0 radical (unpaired) electrons. The molecule has 0 spiro atoms. The van der Waals surface area contributed by atoms with E-state index in [-0.39, 0.29) is 22.3 Å². The molecule has 0 saturated carbocycles. The van der Waals surface area contributed by atoms with Crippen LogP contribution in [0.2, 0.25) is 10.0 Å². The SMILES string of the molecule is Nc1cc(Cl)cc(Cl)c1S(=O)(=O)NC(Cn1cc(-c2ccccc2)c2ccccc21)C(F)F. The zero-order valence-electron chi connectivity index (χ0n) is 17.1. The van der Waals surface area contributed by atoms with Crippen molar-refractivity contribution in [2.75, 3.05) is 5.73 Å². The minimum absolute atomic E-state index is 0.133. The van der Waals surface area contributed by atoms with Gasteiger partial charge in [0.2, 0.25) is 10.0 Å². The number of fused-ring (bicyclic) bond motifs is 1. The first-order chi connectivity index (χ1) is 15.7. The Bertz CT molecular complexity index is 1390. The second-order valence-corrected chi connectivity index (χ2v) is 9.94.